The van der Waals surface area contributed by atoms with Crippen LogP contribution in [0.5, 0.6) is 0 Å². The Labute approximate surface area is 122 Å². The zero-order valence-electron chi connectivity index (χ0n) is 10.1. The van der Waals surface area contributed by atoms with Crippen molar-refractivity contribution >= 4 is 43.5 Å². The van der Waals surface area contributed by atoms with E-state index < -0.39 is 5.79 Å². The van der Waals surface area contributed by atoms with Crippen molar-refractivity contribution in [2.45, 2.75) is 5.79 Å². The average Bonchev–Trinajstić information content (AvgIpc) is 2.60. The fraction of sp³-hybridized carbons (Fsp3) is 0.417. The number of fused-ring (bicyclic) bond motifs is 1. The first kappa shape index (κ1) is 14.0. The second-order valence-electron chi connectivity index (χ2n) is 3.83. The second kappa shape index (κ2) is 5.28. The summed E-state index contributed by atoms with van der Waals surface area (Å²) in [6, 6.07) is 5.64. The van der Waals surface area contributed by atoms with Crippen molar-refractivity contribution in [3.63, 3.8) is 0 Å². The summed E-state index contributed by atoms with van der Waals surface area (Å²) < 4.78 is 11.6. The molecule has 4 nitrogen and oxygen atoms in total. The van der Waals surface area contributed by atoms with Gasteiger partial charge < -0.3 is 14.4 Å². The molecular weight excluding hydrogens is 366 g/mol. The highest BCUT2D eigenvalue weighted by atomic mass is 79.9. The van der Waals surface area contributed by atoms with Crippen molar-refractivity contribution in [2.75, 3.05) is 31.0 Å². The summed E-state index contributed by atoms with van der Waals surface area (Å²) in [6.07, 6.45) is 0. The predicted molar refractivity (Wildman–Crippen MR) is 76.0 cm³/mol. The summed E-state index contributed by atoms with van der Waals surface area (Å²) in [5, 5.41) is 0.692. The number of carbonyl (C=O) groups is 1. The standard InChI is InChI=1S/C12H13Br2NO3/c1-17-12(18-2)9-7-8(14)3-4-10(9)15(6-5-13)11(12)16/h3-4,7H,5-6H2,1-2H3. The van der Waals surface area contributed by atoms with Gasteiger partial charge in [0.1, 0.15) is 0 Å². The normalized spacial score (nSPS) is 17.1. The van der Waals surface area contributed by atoms with Crippen molar-refractivity contribution in [1.82, 2.24) is 0 Å². The van der Waals surface area contributed by atoms with Crippen LogP contribution in [0.15, 0.2) is 22.7 Å². The maximum absolute atomic E-state index is 12.5. The average molecular weight is 379 g/mol. The largest absolute Gasteiger partial charge is 0.342 e. The number of alkyl halides is 1. The molecule has 0 atom stereocenters. The van der Waals surface area contributed by atoms with E-state index in [-0.39, 0.29) is 5.91 Å². The van der Waals surface area contributed by atoms with Crippen LogP contribution in [0.3, 0.4) is 0 Å². The predicted octanol–water partition coefficient (Wildman–Crippen LogP) is 2.64. The van der Waals surface area contributed by atoms with Crippen LogP contribution in [-0.4, -0.2) is 32.0 Å². The lowest BCUT2D eigenvalue weighted by Crippen LogP contribution is -2.43. The number of benzene rings is 1. The molecule has 0 bridgehead atoms. The van der Waals surface area contributed by atoms with Crippen molar-refractivity contribution < 1.29 is 14.3 Å². The molecule has 1 aromatic carbocycles. The minimum Gasteiger partial charge on any atom is -0.342 e. The van der Waals surface area contributed by atoms with E-state index in [1.165, 1.54) is 14.2 Å². The van der Waals surface area contributed by atoms with E-state index in [9.17, 15) is 4.79 Å². The lowest BCUT2D eigenvalue weighted by Gasteiger charge is -2.25. The Morgan fingerprint density at radius 2 is 2.00 bits per heavy atom. The monoisotopic (exact) mass is 377 g/mol. The van der Waals surface area contributed by atoms with Gasteiger partial charge in [-0.15, -0.1) is 0 Å². The van der Waals surface area contributed by atoms with Crippen molar-refractivity contribution in [3.8, 4) is 0 Å². The third-order valence-electron chi connectivity index (χ3n) is 3.01. The summed E-state index contributed by atoms with van der Waals surface area (Å²) in [7, 11) is 2.95. The smallest absolute Gasteiger partial charge is 0.292 e. The SMILES string of the molecule is COC1(OC)C(=O)N(CCBr)c2ccc(Br)cc21. The molecule has 6 heteroatoms. The van der Waals surface area contributed by atoms with Crippen LogP contribution in [0.1, 0.15) is 5.56 Å². The van der Waals surface area contributed by atoms with Gasteiger partial charge in [-0.25, -0.2) is 0 Å². The lowest BCUT2D eigenvalue weighted by molar-refractivity contribution is -0.209. The zero-order valence-corrected chi connectivity index (χ0v) is 13.2. The number of halogens is 2. The number of amides is 1. The molecule has 0 saturated heterocycles. The fourth-order valence-electron chi connectivity index (χ4n) is 2.19. The number of ether oxygens (including phenoxy) is 2. The van der Waals surface area contributed by atoms with E-state index in [2.05, 4.69) is 31.9 Å². The summed E-state index contributed by atoms with van der Waals surface area (Å²) in [6.45, 7) is 0.571. The van der Waals surface area contributed by atoms with Crippen molar-refractivity contribution in [2.24, 2.45) is 0 Å². The molecule has 2 rings (SSSR count). The Bertz CT molecular complexity index is 474. The third kappa shape index (κ3) is 1.91. The summed E-state index contributed by atoms with van der Waals surface area (Å²) >= 11 is 6.75. The first-order valence-corrected chi connectivity index (χ1v) is 7.30. The summed E-state index contributed by atoms with van der Waals surface area (Å²) in [5.41, 5.74) is 1.55. The number of nitrogens with zero attached hydrogens (tertiary/aromatic N) is 1. The van der Waals surface area contributed by atoms with Crippen LogP contribution in [0.4, 0.5) is 5.69 Å². The highest BCUT2D eigenvalue weighted by molar-refractivity contribution is 9.10. The molecule has 98 valence electrons. The van der Waals surface area contributed by atoms with Crippen molar-refractivity contribution in [3.05, 3.63) is 28.2 Å². The van der Waals surface area contributed by atoms with Gasteiger partial charge in [0.05, 0.1) is 5.69 Å². The molecule has 0 aromatic heterocycles. The van der Waals surface area contributed by atoms with Crippen LogP contribution < -0.4 is 4.90 Å². The Kier molecular flexibility index (Phi) is 4.11. The Morgan fingerprint density at radius 1 is 1.33 bits per heavy atom. The Balaban J connectivity index is 2.60. The number of carbonyl (C=O) groups excluding carboxylic acids is 1. The molecule has 1 aliphatic heterocycles. The number of methoxy groups -OCH3 is 2. The van der Waals surface area contributed by atoms with Gasteiger partial charge in [-0.05, 0) is 18.2 Å². The van der Waals surface area contributed by atoms with Crippen LogP contribution in [0.2, 0.25) is 0 Å². The van der Waals surface area contributed by atoms with Crippen LogP contribution in [0.25, 0.3) is 0 Å². The molecule has 0 N–H and O–H groups in total. The summed E-state index contributed by atoms with van der Waals surface area (Å²) in [4.78, 5) is 14.2. The van der Waals surface area contributed by atoms with Gasteiger partial charge in [0.15, 0.2) is 0 Å². The van der Waals surface area contributed by atoms with Gasteiger partial charge in [-0.2, -0.15) is 0 Å². The maximum Gasteiger partial charge on any atom is 0.292 e. The number of anilines is 1. The van der Waals surface area contributed by atoms with Gasteiger partial charge in [-0.1, -0.05) is 31.9 Å². The molecule has 1 amide bonds. The zero-order chi connectivity index (χ0) is 13.3. The van der Waals surface area contributed by atoms with E-state index in [0.717, 1.165) is 15.7 Å². The molecule has 0 radical (unpaired) electrons. The molecule has 1 heterocycles. The lowest BCUT2D eigenvalue weighted by atomic mass is 10.1. The van der Waals surface area contributed by atoms with Crippen LogP contribution in [0, 0.1) is 0 Å². The highest BCUT2D eigenvalue weighted by Crippen LogP contribution is 2.44. The van der Waals surface area contributed by atoms with E-state index in [0.29, 0.717) is 11.9 Å². The first-order valence-electron chi connectivity index (χ1n) is 5.39. The number of hydrogen-bond donors (Lipinski definition) is 0. The minimum absolute atomic E-state index is 0.194. The number of hydrogen-bond acceptors (Lipinski definition) is 3. The van der Waals surface area contributed by atoms with Gasteiger partial charge in [0.25, 0.3) is 11.7 Å². The molecule has 0 fully saturated rings. The molecule has 18 heavy (non-hydrogen) atoms. The van der Waals surface area contributed by atoms with Gasteiger partial charge >= 0.3 is 0 Å². The maximum atomic E-state index is 12.5. The molecule has 0 spiro atoms. The molecule has 0 unspecified atom stereocenters. The molecular formula is C12H13Br2NO3. The Hall–Kier alpha value is -0.430. The Morgan fingerprint density at radius 3 is 2.56 bits per heavy atom. The van der Waals surface area contributed by atoms with Gasteiger partial charge in [0, 0.05) is 36.1 Å². The highest BCUT2D eigenvalue weighted by Gasteiger charge is 2.52. The second-order valence-corrected chi connectivity index (χ2v) is 5.54. The van der Waals surface area contributed by atoms with Crippen LogP contribution >= 0.6 is 31.9 Å². The van der Waals surface area contributed by atoms with Gasteiger partial charge in [-0.3, -0.25) is 4.79 Å². The number of rotatable bonds is 4. The minimum atomic E-state index is -1.33. The third-order valence-corrected chi connectivity index (χ3v) is 3.86. The van der Waals surface area contributed by atoms with E-state index in [1.54, 1.807) is 4.90 Å². The molecule has 0 saturated carbocycles. The van der Waals surface area contributed by atoms with E-state index >= 15 is 0 Å². The topological polar surface area (TPSA) is 38.8 Å². The van der Waals surface area contributed by atoms with Crippen molar-refractivity contribution in [1.29, 1.82) is 0 Å². The van der Waals surface area contributed by atoms with Crippen LogP contribution in [-0.2, 0) is 20.1 Å². The quantitative estimate of drug-likeness (QED) is 0.597. The molecule has 1 aliphatic rings. The molecule has 0 aliphatic carbocycles. The first-order chi connectivity index (χ1) is 8.60. The summed E-state index contributed by atoms with van der Waals surface area (Å²) in [5.74, 6) is -1.53. The molecule has 1 aromatic rings. The van der Waals surface area contributed by atoms with Gasteiger partial charge in [0.2, 0.25) is 0 Å². The van der Waals surface area contributed by atoms with E-state index in [4.69, 9.17) is 9.47 Å². The van der Waals surface area contributed by atoms with E-state index in [1.807, 2.05) is 18.2 Å². The fourth-order valence-corrected chi connectivity index (χ4v) is 2.91.